The molecule has 26 heavy (non-hydrogen) atoms. The lowest BCUT2D eigenvalue weighted by atomic mass is 10.2. The molecule has 0 aliphatic heterocycles. The second-order valence-electron chi connectivity index (χ2n) is 6.04. The molecule has 8 heteroatoms. The SMILES string of the molecule is COc1ccc(C)cc1-n1nnnc1SCc1cn2cc(C)ccc2n1. The second kappa shape index (κ2) is 6.80. The minimum atomic E-state index is 0.676. The van der Waals surface area contributed by atoms with E-state index in [1.54, 1.807) is 23.6 Å². The summed E-state index contributed by atoms with van der Waals surface area (Å²) in [5.41, 5.74) is 5.05. The Hall–Kier alpha value is -2.87. The lowest BCUT2D eigenvalue weighted by molar-refractivity contribution is 0.410. The molecule has 0 saturated heterocycles. The van der Waals surface area contributed by atoms with Crippen LogP contribution in [0, 0.1) is 13.8 Å². The first-order chi connectivity index (χ1) is 12.6. The summed E-state index contributed by atoms with van der Waals surface area (Å²) >= 11 is 1.54. The number of pyridine rings is 1. The largest absolute Gasteiger partial charge is 0.494 e. The molecule has 3 heterocycles. The predicted molar refractivity (Wildman–Crippen MR) is 99.9 cm³/mol. The van der Waals surface area contributed by atoms with Gasteiger partial charge in [-0.1, -0.05) is 23.9 Å². The third-order valence-electron chi connectivity index (χ3n) is 4.00. The van der Waals surface area contributed by atoms with Crippen molar-refractivity contribution in [3.63, 3.8) is 0 Å². The van der Waals surface area contributed by atoms with Crippen molar-refractivity contribution in [2.24, 2.45) is 0 Å². The Morgan fingerprint density at radius 2 is 1.92 bits per heavy atom. The fourth-order valence-electron chi connectivity index (χ4n) is 2.75. The van der Waals surface area contributed by atoms with Crippen LogP contribution in [0.2, 0.25) is 0 Å². The highest BCUT2D eigenvalue weighted by atomic mass is 32.2. The molecule has 4 aromatic rings. The summed E-state index contributed by atoms with van der Waals surface area (Å²) < 4.78 is 9.20. The average molecular weight is 366 g/mol. The number of aryl methyl sites for hydroxylation is 2. The van der Waals surface area contributed by atoms with Crippen molar-refractivity contribution in [2.75, 3.05) is 7.11 Å². The molecule has 0 aliphatic rings. The minimum absolute atomic E-state index is 0.676. The van der Waals surface area contributed by atoms with E-state index in [1.165, 1.54) is 5.56 Å². The minimum Gasteiger partial charge on any atom is -0.494 e. The molecule has 7 nitrogen and oxygen atoms in total. The smallest absolute Gasteiger partial charge is 0.214 e. The van der Waals surface area contributed by atoms with Crippen molar-refractivity contribution in [3.8, 4) is 11.4 Å². The van der Waals surface area contributed by atoms with Gasteiger partial charge in [0.2, 0.25) is 5.16 Å². The third kappa shape index (κ3) is 3.15. The standard InChI is InChI=1S/C18H18N6OS/c1-12-4-6-16(25-3)15(8-12)24-18(20-21-22-24)26-11-14-10-23-9-13(2)5-7-17(23)19-14/h4-10H,11H2,1-3H3. The third-order valence-corrected chi connectivity index (χ3v) is 4.95. The highest BCUT2D eigenvalue weighted by Crippen LogP contribution is 2.28. The van der Waals surface area contributed by atoms with Crippen LogP contribution in [-0.2, 0) is 5.75 Å². The fourth-order valence-corrected chi connectivity index (χ4v) is 3.52. The highest BCUT2D eigenvalue weighted by molar-refractivity contribution is 7.98. The first-order valence-corrected chi connectivity index (χ1v) is 9.13. The topological polar surface area (TPSA) is 70.1 Å². The highest BCUT2D eigenvalue weighted by Gasteiger charge is 2.14. The van der Waals surface area contributed by atoms with Gasteiger partial charge >= 0.3 is 0 Å². The van der Waals surface area contributed by atoms with E-state index in [-0.39, 0.29) is 0 Å². The molecule has 1 aromatic carbocycles. The summed E-state index contributed by atoms with van der Waals surface area (Å²) in [7, 11) is 1.64. The Balaban J connectivity index is 1.60. The average Bonchev–Trinajstić information content (AvgIpc) is 3.25. The molecule has 132 valence electrons. The van der Waals surface area contributed by atoms with Gasteiger partial charge in [0.05, 0.1) is 12.8 Å². The number of imidazole rings is 1. The zero-order chi connectivity index (χ0) is 18.1. The van der Waals surface area contributed by atoms with Crippen LogP contribution in [0.25, 0.3) is 11.3 Å². The van der Waals surface area contributed by atoms with Gasteiger partial charge in [-0.05, 0) is 53.6 Å². The Labute approximate surface area is 155 Å². The van der Waals surface area contributed by atoms with Gasteiger partial charge in [-0.2, -0.15) is 4.68 Å². The lowest BCUT2D eigenvalue weighted by Gasteiger charge is -2.10. The molecule has 0 unspecified atom stereocenters. The van der Waals surface area contributed by atoms with E-state index in [1.807, 2.05) is 41.8 Å². The van der Waals surface area contributed by atoms with E-state index in [4.69, 9.17) is 4.74 Å². The molecule has 0 saturated carbocycles. The molecule has 0 radical (unpaired) electrons. The number of aromatic nitrogens is 6. The van der Waals surface area contributed by atoms with Crippen molar-refractivity contribution >= 4 is 17.4 Å². The number of hydrogen-bond acceptors (Lipinski definition) is 6. The number of methoxy groups -OCH3 is 1. The van der Waals surface area contributed by atoms with E-state index in [2.05, 4.69) is 39.7 Å². The van der Waals surface area contributed by atoms with Gasteiger partial charge in [0.15, 0.2) is 0 Å². The first kappa shape index (κ1) is 16.6. The van der Waals surface area contributed by atoms with Crippen LogP contribution in [0.1, 0.15) is 16.8 Å². The predicted octanol–water partition coefficient (Wildman–Crippen LogP) is 3.23. The van der Waals surface area contributed by atoms with Crippen LogP contribution >= 0.6 is 11.8 Å². The molecule has 0 spiro atoms. The van der Waals surface area contributed by atoms with E-state index in [0.29, 0.717) is 10.9 Å². The molecule has 0 amide bonds. The zero-order valence-electron chi connectivity index (χ0n) is 14.7. The van der Waals surface area contributed by atoms with E-state index in [0.717, 1.165) is 28.3 Å². The number of benzene rings is 1. The van der Waals surface area contributed by atoms with Crippen molar-refractivity contribution in [1.29, 1.82) is 0 Å². The molecule has 0 aliphatic carbocycles. The number of ether oxygens (including phenoxy) is 1. The lowest BCUT2D eigenvalue weighted by Crippen LogP contribution is -2.02. The van der Waals surface area contributed by atoms with E-state index < -0.39 is 0 Å². The summed E-state index contributed by atoms with van der Waals surface area (Å²) in [6, 6.07) is 10.0. The van der Waals surface area contributed by atoms with Crippen LogP contribution < -0.4 is 4.74 Å². The summed E-state index contributed by atoms with van der Waals surface area (Å²) in [6.07, 6.45) is 4.11. The van der Waals surface area contributed by atoms with Gasteiger partial charge < -0.3 is 9.14 Å². The van der Waals surface area contributed by atoms with Gasteiger partial charge in [0, 0.05) is 18.1 Å². The molecule has 0 fully saturated rings. The van der Waals surface area contributed by atoms with Crippen molar-refractivity contribution in [3.05, 3.63) is 59.5 Å². The number of nitrogens with zero attached hydrogens (tertiary/aromatic N) is 6. The number of fused-ring (bicyclic) bond motifs is 1. The van der Waals surface area contributed by atoms with Gasteiger partial charge in [0.1, 0.15) is 17.1 Å². The van der Waals surface area contributed by atoms with Crippen molar-refractivity contribution in [2.45, 2.75) is 24.8 Å². The Morgan fingerprint density at radius 1 is 1.08 bits per heavy atom. The van der Waals surface area contributed by atoms with Gasteiger partial charge in [-0.15, -0.1) is 5.10 Å². The Bertz CT molecular complexity index is 1070. The zero-order valence-corrected chi connectivity index (χ0v) is 15.6. The number of hydrogen-bond donors (Lipinski definition) is 0. The molecular weight excluding hydrogens is 348 g/mol. The molecule has 0 N–H and O–H groups in total. The fraction of sp³-hybridized carbons (Fsp3) is 0.222. The molecule has 0 atom stereocenters. The van der Waals surface area contributed by atoms with Crippen molar-refractivity contribution < 1.29 is 4.74 Å². The summed E-state index contributed by atoms with van der Waals surface area (Å²) in [4.78, 5) is 4.64. The number of thioether (sulfide) groups is 1. The summed E-state index contributed by atoms with van der Waals surface area (Å²) in [5, 5.41) is 12.8. The maximum atomic E-state index is 5.45. The van der Waals surface area contributed by atoms with Crippen molar-refractivity contribution in [1.82, 2.24) is 29.6 Å². The van der Waals surface area contributed by atoms with Gasteiger partial charge in [0.25, 0.3) is 0 Å². The second-order valence-corrected chi connectivity index (χ2v) is 6.98. The number of rotatable bonds is 5. The molecule has 4 rings (SSSR count). The van der Waals surface area contributed by atoms with Crippen LogP contribution in [0.4, 0.5) is 0 Å². The van der Waals surface area contributed by atoms with Crippen LogP contribution in [-0.4, -0.2) is 36.7 Å². The normalized spacial score (nSPS) is 11.2. The first-order valence-electron chi connectivity index (χ1n) is 8.14. The van der Waals surface area contributed by atoms with Crippen LogP contribution in [0.5, 0.6) is 5.75 Å². The molecular formula is C18H18N6OS. The van der Waals surface area contributed by atoms with E-state index >= 15 is 0 Å². The van der Waals surface area contributed by atoms with Gasteiger partial charge in [-0.3, -0.25) is 0 Å². The summed E-state index contributed by atoms with van der Waals surface area (Å²) in [5.74, 6) is 1.41. The Morgan fingerprint density at radius 3 is 2.77 bits per heavy atom. The van der Waals surface area contributed by atoms with E-state index in [9.17, 15) is 0 Å². The maximum absolute atomic E-state index is 5.45. The maximum Gasteiger partial charge on any atom is 0.214 e. The van der Waals surface area contributed by atoms with Crippen LogP contribution in [0.3, 0.4) is 0 Å². The number of tetrazole rings is 1. The van der Waals surface area contributed by atoms with Crippen LogP contribution in [0.15, 0.2) is 47.9 Å². The summed E-state index contributed by atoms with van der Waals surface area (Å²) in [6.45, 7) is 4.09. The monoisotopic (exact) mass is 366 g/mol. The molecule has 3 aromatic heterocycles. The molecule has 0 bridgehead atoms. The quantitative estimate of drug-likeness (QED) is 0.505. The Kier molecular flexibility index (Phi) is 4.34. The van der Waals surface area contributed by atoms with Gasteiger partial charge in [-0.25, -0.2) is 4.98 Å².